The molecule has 23 heavy (non-hydrogen) atoms. The second kappa shape index (κ2) is 7.40. The number of carbonyl (C=O) groups excluding carboxylic acids is 2. The molecule has 0 aromatic heterocycles. The van der Waals surface area contributed by atoms with E-state index in [2.05, 4.69) is 5.32 Å². The third-order valence-corrected chi connectivity index (χ3v) is 3.07. The average Bonchev–Trinajstić information content (AvgIpc) is 2.56. The Bertz CT molecular complexity index is 700. The molecule has 0 saturated heterocycles. The van der Waals surface area contributed by atoms with Crippen LogP contribution in [0.5, 0.6) is 5.75 Å². The number of amides is 1. The Morgan fingerprint density at radius 2 is 1.83 bits per heavy atom. The maximum Gasteiger partial charge on any atom is 0.339 e. The molecule has 0 aliphatic heterocycles. The van der Waals surface area contributed by atoms with Crippen LogP contribution in [0, 0.1) is 5.82 Å². The Hall–Kier alpha value is -2.89. The highest BCUT2D eigenvalue weighted by Crippen LogP contribution is 2.15. The second-order valence-electron chi connectivity index (χ2n) is 4.78. The molecule has 2 aromatic rings. The fourth-order valence-electron chi connectivity index (χ4n) is 1.81. The van der Waals surface area contributed by atoms with E-state index in [9.17, 15) is 14.0 Å². The van der Waals surface area contributed by atoms with Crippen LogP contribution in [0.1, 0.15) is 17.3 Å². The lowest BCUT2D eigenvalue weighted by Crippen LogP contribution is -2.30. The van der Waals surface area contributed by atoms with Crippen LogP contribution in [0.25, 0.3) is 0 Å². The van der Waals surface area contributed by atoms with Crippen LogP contribution >= 0.6 is 0 Å². The van der Waals surface area contributed by atoms with Gasteiger partial charge in [0.15, 0.2) is 6.10 Å². The molecule has 0 bridgehead atoms. The molecule has 0 aliphatic rings. The van der Waals surface area contributed by atoms with E-state index in [1.54, 1.807) is 18.2 Å². The zero-order valence-electron chi connectivity index (χ0n) is 12.7. The maximum absolute atomic E-state index is 12.8. The number of halogens is 1. The van der Waals surface area contributed by atoms with E-state index in [1.807, 2.05) is 0 Å². The summed E-state index contributed by atoms with van der Waals surface area (Å²) in [5, 5.41) is 2.54. The van der Waals surface area contributed by atoms with Crippen LogP contribution in [-0.4, -0.2) is 25.1 Å². The first-order chi connectivity index (χ1) is 11.0. The van der Waals surface area contributed by atoms with Crippen LogP contribution in [0.4, 0.5) is 10.1 Å². The fourth-order valence-corrected chi connectivity index (χ4v) is 1.81. The largest absolute Gasteiger partial charge is 0.497 e. The molecule has 1 N–H and O–H groups in total. The molecule has 0 spiro atoms. The van der Waals surface area contributed by atoms with Crippen LogP contribution in [-0.2, 0) is 9.53 Å². The van der Waals surface area contributed by atoms with Crippen molar-refractivity contribution in [1.29, 1.82) is 0 Å². The Kier molecular flexibility index (Phi) is 5.30. The molecule has 5 nitrogen and oxygen atoms in total. The van der Waals surface area contributed by atoms with Gasteiger partial charge < -0.3 is 14.8 Å². The molecule has 6 heteroatoms. The van der Waals surface area contributed by atoms with E-state index < -0.39 is 23.8 Å². The van der Waals surface area contributed by atoms with Crippen molar-refractivity contribution in [2.75, 3.05) is 12.4 Å². The number of carbonyl (C=O) groups is 2. The smallest absolute Gasteiger partial charge is 0.339 e. The van der Waals surface area contributed by atoms with E-state index in [0.717, 1.165) is 0 Å². The molecular formula is C17H16FNO4. The molecule has 1 amide bonds. The van der Waals surface area contributed by atoms with Crippen molar-refractivity contribution < 1.29 is 23.5 Å². The number of hydrogen-bond acceptors (Lipinski definition) is 4. The minimum atomic E-state index is -1.00. The number of nitrogens with one attached hydrogen (secondary N) is 1. The normalized spacial score (nSPS) is 11.4. The summed E-state index contributed by atoms with van der Waals surface area (Å²) in [6.45, 7) is 1.46. The summed E-state index contributed by atoms with van der Waals surface area (Å²) in [5.41, 5.74) is 0.700. The van der Waals surface area contributed by atoms with E-state index in [0.29, 0.717) is 11.4 Å². The Morgan fingerprint density at radius 3 is 2.48 bits per heavy atom. The van der Waals surface area contributed by atoms with Crippen LogP contribution in [0.2, 0.25) is 0 Å². The highest BCUT2D eigenvalue weighted by Gasteiger charge is 2.19. The Balaban J connectivity index is 1.97. The number of hydrogen-bond donors (Lipinski definition) is 1. The van der Waals surface area contributed by atoms with E-state index >= 15 is 0 Å². The van der Waals surface area contributed by atoms with Gasteiger partial charge in [0.2, 0.25) is 0 Å². The predicted octanol–water partition coefficient (Wildman–Crippen LogP) is 3.02. The summed E-state index contributed by atoms with van der Waals surface area (Å²) >= 11 is 0. The van der Waals surface area contributed by atoms with Crippen molar-refractivity contribution in [1.82, 2.24) is 0 Å². The molecule has 0 fully saturated rings. The molecule has 120 valence electrons. The average molecular weight is 317 g/mol. The third kappa shape index (κ3) is 4.54. The zero-order valence-corrected chi connectivity index (χ0v) is 12.7. The molecular weight excluding hydrogens is 301 g/mol. The van der Waals surface area contributed by atoms with Crippen molar-refractivity contribution in [2.24, 2.45) is 0 Å². The van der Waals surface area contributed by atoms with Gasteiger partial charge in [0, 0.05) is 5.69 Å². The summed E-state index contributed by atoms with van der Waals surface area (Å²) in [4.78, 5) is 24.0. The Morgan fingerprint density at radius 1 is 1.13 bits per heavy atom. The van der Waals surface area contributed by atoms with E-state index in [-0.39, 0.29) is 5.56 Å². The first kappa shape index (κ1) is 16.5. The van der Waals surface area contributed by atoms with Crippen LogP contribution in [0.3, 0.4) is 0 Å². The van der Waals surface area contributed by atoms with Crippen molar-refractivity contribution >= 4 is 17.6 Å². The van der Waals surface area contributed by atoms with E-state index in [1.165, 1.54) is 44.4 Å². The summed E-state index contributed by atoms with van der Waals surface area (Å²) in [6, 6.07) is 11.7. The standard InChI is InChI=1S/C17H16FNO4/c1-11(16(20)19-14-8-6-13(18)7-9-14)23-17(21)12-4-3-5-15(10-12)22-2/h3-11H,1-2H3,(H,19,20)/t11-/m0/s1. The van der Waals surface area contributed by atoms with Crippen molar-refractivity contribution in [3.8, 4) is 5.75 Å². The van der Waals surface area contributed by atoms with Gasteiger partial charge in [-0.2, -0.15) is 0 Å². The quantitative estimate of drug-likeness (QED) is 0.861. The summed E-state index contributed by atoms with van der Waals surface area (Å²) in [5.74, 6) is -1.03. The highest BCUT2D eigenvalue weighted by molar-refractivity contribution is 5.97. The van der Waals surface area contributed by atoms with E-state index in [4.69, 9.17) is 9.47 Å². The van der Waals surface area contributed by atoms with Crippen molar-refractivity contribution in [2.45, 2.75) is 13.0 Å². The second-order valence-corrected chi connectivity index (χ2v) is 4.78. The van der Waals surface area contributed by atoms with Crippen molar-refractivity contribution in [3.05, 3.63) is 59.9 Å². The van der Waals surface area contributed by atoms with Gasteiger partial charge >= 0.3 is 5.97 Å². The Labute approximate surface area is 133 Å². The third-order valence-electron chi connectivity index (χ3n) is 3.07. The van der Waals surface area contributed by atoms with Crippen molar-refractivity contribution in [3.63, 3.8) is 0 Å². The van der Waals surface area contributed by atoms with Gasteiger partial charge in [-0.1, -0.05) is 6.07 Å². The summed E-state index contributed by atoms with van der Waals surface area (Å²) < 4.78 is 23.0. The lowest BCUT2D eigenvalue weighted by Gasteiger charge is -2.14. The van der Waals surface area contributed by atoms with Gasteiger partial charge in [-0.15, -0.1) is 0 Å². The number of rotatable bonds is 5. The highest BCUT2D eigenvalue weighted by atomic mass is 19.1. The lowest BCUT2D eigenvalue weighted by molar-refractivity contribution is -0.123. The molecule has 0 heterocycles. The number of benzene rings is 2. The molecule has 0 aliphatic carbocycles. The predicted molar refractivity (Wildman–Crippen MR) is 82.9 cm³/mol. The van der Waals surface area contributed by atoms with Crippen LogP contribution < -0.4 is 10.1 Å². The number of esters is 1. The first-order valence-electron chi connectivity index (χ1n) is 6.91. The molecule has 1 atom stereocenters. The summed E-state index contributed by atoms with van der Waals surface area (Å²) in [6.07, 6.45) is -1.00. The van der Waals surface area contributed by atoms with Gasteiger partial charge in [-0.3, -0.25) is 4.79 Å². The molecule has 0 radical (unpaired) electrons. The van der Waals surface area contributed by atoms with Gasteiger partial charge in [0.1, 0.15) is 11.6 Å². The molecule has 0 saturated carbocycles. The van der Waals surface area contributed by atoms with Crippen LogP contribution in [0.15, 0.2) is 48.5 Å². The number of methoxy groups -OCH3 is 1. The minimum absolute atomic E-state index is 0.283. The molecule has 0 unspecified atom stereocenters. The SMILES string of the molecule is COc1cccc(C(=O)O[C@@H](C)C(=O)Nc2ccc(F)cc2)c1. The van der Waals surface area contributed by atoms with Gasteiger partial charge in [0.25, 0.3) is 5.91 Å². The van der Waals surface area contributed by atoms with Gasteiger partial charge in [0.05, 0.1) is 12.7 Å². The number of anilines is 1. The lowest BCUT2D eigenvalue weighted by atomic mass is 10.2. The van der Waals surface area contributed by atoms with Gasteiger partial charge in [-0.05, 0) is 49.4 Å². The minimum Gasteiger partial charge on any atom is -0.497 e. The summed E-state index contributed by atoms with van der Waals surface area (Å²) in [7, 11) is 1.49. The topological polar surface area (TPSA) is 64.6 Å². The number of ether oxygens (including phenoxy) is 2. The zero-order chi connectivity index (χ0) is 16.8. The fraction of sp³-hybridized carbons (Fsp3) is 0.176. The first-order valence-corrected chi connectivity index (χ1v) is 6.91. The monoisotopic (exact) mass is 317 g/mol. The molecule has 2 rings (SSSR count). The van der Waals surface area contributed by atoms with Gasteiger partial charge in [-0.25, -0.2) is 9.18 Å². The maximum atomic E-state index is 12.8. The molecule has 2 aromatic carbocycles.